The number of rotatable bonds is 3. The minimum Gasteiger partial charge on any atom is -0.365 e. The van der Waals surface area contributed by atoms with Crippen LogP contribution in [0.5, 0.6) is 0 Å². The van der Waals surface area contributed by atoms with Crippen LogP contribution in [0.2, 0.25) is 0 Å². The molecule has 0 aliphatic heterocycles. The van der Waals surface area contributed by atoms with Crippen LogP contribution in [0.1, 0.15) is 34.1 Å². The fraction of sp³-hybridized carbons (Fsp3) is 0.500. The minimum atomic E-state index is -0.417. The van der Waals surface area contributed by atoms with Gasteiger partial charge in [-0.3, -0.25) is 4.79 Å². The van der Waals surface area contributed by atoms with Gasteiger partial charge in [-0.05, 0) is 18.8 Å². The van der Waals surface area contributed by atoms with Crippen molar-refractivity contribution in [3.8, 4) is 0 Å². The van der Waals surface area contributed by atoms with Crippen LogP contribution < -0.4 is 11.1 Å². The summed E-state index contributed by atoms with van der Waals surface area (Å²) in [5, 5.41) is 3.70. The van der Waals surface area contributed by atoms with Crippen molar-refractivity contribution in [1.82, 2.24) is 4.98 Å². The maximum atomic E-state index is 11.0. The van der Waals surface area contributed by atoms with Gasteiger partial charge >= 0.3 is 0 Å². The molecule has 0 bridgehead atoms. The van der Waals surface area contributed by atoms with Crippen LogP contribution in [-0.2, 0) is 0 Å². The van der Waals surface area contributed by atoms with E-state index in [2.05, 4.69) is 10.3 Å². The van der Waals surface area contributed by atoms with Crippen molar-refractivity contribution in [2.45, 2.75) is 18.8 Å². The summed E-state index contributed by atoms with van der Waals surface area (Å²) in [6.45, 7) is 0. The van der Waals surface area contributed by atoms with E-state index >= 15 is 0 Å². The van der Waals surface area contributed by atoms with Crippen molar-refractivity contribution in [3.05, 3.63) is 10.6 Å². The molecule has 1 amide bonds. The predicted octanol–water partition coefficient (Wildman–Crippen LogP) is 1.16. The fourth-order valence-corrected chi connectivity index (χ4v) is 2.33. The van der Waals surface area contributed by atoms with Gasteiger partial charge in [-0.25, -0.2) is 4.98 Å². The zero-order valence-electron chi connectivity index (χ0n) is 7.33. The summed E-state index contributed by atoms with van der Waals surface area (Å²) in [4.78, 5) is 16.2. The molecular formula is C8H11N3OS. The van der Waals surface area contributed by atoms with Crippen LogP contribution in [0.3, 0.4) is 0 Å². The Balaban J connectivity index is 2.39. The van der Waals surface area contributed by atoms with E-state index in [1.807, 2.05) is 0 Å². The van der Waals surface area contributed by atoms with Crippen molar-refractivity contribution in [2.24, 2.45) is 5.73 Å². The molecule has 13 heavy (non-hydrogen) atoms. The Morgan fingerprint density at radius 3 is 2.85 bits per heavy atom. The van der Waals surface area contributed by atoms with Crippen molar-refractivity contribution >= 4 is 22.4 Å². The first-order valence-electron chi connectivity index (χ1n) is 4.20. The Kier molecular flexibility index (Phi) is 1.95. The molecular weight excluding hydrogens is 186 g/mol. The number of aromatic nitrogens is 1. The molecule has 0 aromatic carbocycles. The number of amides is 1. The molecule has 1 aromatic rings. The fourth-order valence-electron chi connectivity index (χ4n) is 1.24. The lowest BCUT2D eigenvalue weighted by Crippen LogP contribution is -2.13. The molecule has 1 aliphatic carbocycles. The third-order valence-corrected chi connectivity index (χ3v) is 3.28. The number of carbonyl (C=O) groups excluding carboxylic acids is 1. The highest BCUT2D eigenvalue weighted by molar-refractivity contribution is 7.16. The van der Waals surface area contributed by atoms with E-state index in [0.717, 1.165) is 22.9 Å². The average molecular weight is 197 g/mol. The second-order valence-electron chi connectivity index (χ2n) is 3.12. The summed E-state index contributed by atoms with van der Waals surface area (Å²) in [6, 6.07) is 0. The number of carbonyl (C=O) groups is 1. The summed E-state index contributed by atoms with van der Waals surface area (Å²) in [5.74, 6) is 0.113. The van der Waals surface area contributed by atoms with Gasteiger partial charge in [0.25, 0.3) is 5.91 Å². The second kappa shape index (κ2) is 2.99. The van der Waals surface area contributed by atoms with Crippen LogP contribution in [0.4, 0.5) is 5.13 Å². The van der Waals surface area contributed by atoms with Crippen LogP contribution in [0.15, 0.2) is 0 Å². The zero-order valence-corrected chi connectivity index (χ0v) is 8.15. The molecule has 0 atom stereocenters. The quantitative estimate of drug-likeness (QED) is 0.764. The predicted molar refractivity (Wildman–Crippen MR) is 52.2 cm³/mol. The second-order valence-corrected chi connectivity index (χ2v) is 4.15. The van der Waals surface area contributed by atoms with Gasteiger partial charge in [0, 0.05) is 11.9 Å². The summed E-state index contributed by atoms with van der Waals surface area (Å²) < 4.78 is 0. The Bertz CT molecular complexity index is 343. The van der Waals surface area contributed by atoms with E-state index in [4.69, 9.17) is 5.73 Å². The first kappa shape index (κ1) is 8.50. The molecule has 1 fully saturated rings. The van der Waals surface area contributed by atoms with Crippen LogP contribution >= 0.6 is 11.3 Å². The highest BCUT2D eigenvalue weighted by Gasteiger charge is 2.30. The lowest BCUT2D eigenvalue weighted by Gasteiger charge is -1.92. The first-order valence-corrected chi connectivity index (χ1v) is 5.02. The largest absolute Gasteiger partial charge is 0.365 e. The lowest BCUT2D eigenvalue weighted by atomic mass is 10.2. The number of nitrogens with one attached hydrogen (secondary N) is 1. The van der Waals surface area contributed by atoms with E-state index in [9.17, 15) is 4.79 Å². The Morgan fingerprint density at radius 2 is 2.38 bits per heavy atom. The van der Waals surface area contributed by atoms with Crippen molar-refractivity contribution in [3.63, 3.8) is 0 Å². The van der Waals surface area contributed by atoms with Gasteiger partial charge in [0.2, 0.25) is 0 Å². The average Bonchev–Trinajstić information content (AvgIpc) is 2.84. The van der Waals surface area contributed by atoms with Gasteiger partial charge in [-0.15, -0.1) is 11.3 Å². The molecule has 0 unspecified atom stereocenters. The van der Waals surface area contributed by atoms with E-state index < -0.39 is 5.91 Å². The van der Waals surface area contributed by atoms with Crippen LogP contribution in [0, 0.1) is 0 Å². The van der Waals surface area contributed by atoms with E-state index in [1.165, 1.54) is 11.3 Å². The van der Waals surface area contributed by atoms with Crippen molar-refractivity contribution in [2.75, 3.05) is 12.4 Å². The topological polar surface area (TPSA) is 68.0 Å². The summed E-state index contributed by atoms with van der Waals surface area (Å²) in [7, 11) is 1.79. The molecule has 0 radical (unpaired) electrons. The van der Waals surface area contributed by atoms with Crippen LogP contribution in [-0.4, -0.2) is 17.9 Å². The summed E-state index contributed by atoms with van der Waals surface area (Å²) >= 11 is 1.54. The van der Waals surface area contributed by atoms with Gasteiger partial charge < -0.3 is 11.1 Å². The zero-order chi connectivity index (χ0) is 9.42. The molecule has 5 heteroatoms. The van der Waals surface area contributed by atoms with Gasteiger partial charge in [-0.2, -0.15) is 0 Å². The molecule has 70 valence electrons. The maximum Gasteiger partial charge on any atom is 0.268 e. The van der Waals surface area contributed by atoms with E-state index in [0.29, 0.717) is 11.6 Å². The third-order valence-electron chi connectivity index (χ3n) is 2.05. The first-order chi connectivity index (χ1) is 6.22. The number of hydrogen-bond donors (Lipinski definition) is 2. The Labute approximate surface area is 80.2 Å². The van der Waals surface area contributed by atoms with E-state index in [1.54, 1.807) is 7.05 Å². The van der Waals surface area contributed by atoms with Crippen molar-refractivity contribution < 1.29 is 4.79 Å². The number of nitrogens with zero attached hydrogens (tertiary/aromatic N) is 1. The van der Waals surface area contributed by atoms with Crippen LogP contribution in [0.25, 0.3) is 0 Å². The lowest BCUT2D eigenvalue weighted by molar-refractivity contribution is 0.0995. The van der Waals surface area contributed by atoms with Gasteiger partial charge in [0.15, 0.2) is 5.13 Å². The summed E-state index contributed by atoms with van der Waals surface area (Å²) in [5.41, 5.74) is 5.68. The maximum absolute atomic E-state index is 11.0. The van der Waals surface area contributed by atoms with Gasteiger partial charge in [0.1, 0.15) is 5.69 Å². The standard InChI is InChI=1S/C8H11N3OS/c1-10-8-11-5(7(9)12)6(13-8)4-2-3-4/h4H,2-3H2,1H3,(H2,9,12)(H,10,11). The van der Waals surface area contributed by atoms with E-state index in [-0.39, 0.29) is 0 Å². The minimum absolute atomic E-state index is 0.417. The highest BCUT2D eigenvalue weighted by Crippen LogP contribution is 2.45. The number of anilines is 1. The van der Waals surface area contributed by atoms with Gasteiger partial charge in [-0.1, -0.05) is 0 Å². The monoisotopic (exact) mass is 197 g/mol. The molecule has 4 nitrogen and oxygen atoms in total. The molecule has 0 saturated heterocycles. The Hall–Kier alpha value is -1.10. The SMILES string of the molecule is CNc1nc(C(N)=O)c(C2CC2)s1. The Morgan fingerprint density at radius 1 is 1.69 bits per heavy atom. The summed E-state index contributed by atoms with van der Waals surface area (Å²) in [6.07, 6.45) is 2.32. The highest BCUT2D eigenvalue weighted by atomic mass is 32.1. The van der Waals surface area contributed by atoms with Gasteiger partial charge in [0.05, 0.1) is 0 Å². The molecule has 1 aliphatic rings. The smallest absolute Gasteiger partial charge is 0.268 e. The molecule has 3 N–H and O–H groups in total. The third kappa shape index (κ3) is 1.51. The number of thiazole rings is 1. The molecule has 1 aromatic heterocycles. The molecule has 2 rings (SSSR count). The normalized spacial score (nSPS) is 15.8. The van der Waals surface area contributed by atoms with Crippen molar-refractivity contribution in [1.29, 1.82) is 0 Å². The molecule has 1 saturated carbocycles. The number of nitrogens with two attached hydrogens (primary N) is 1. The molecule has 1 heterocycles. The molecule has 0 spiro atoms. The number of hydrogen-bond acceptors (Lipinski definition) is 4. The number of primary amides is 1.